The Kier molecular flexibility index (Phi) is 4.02. The van der Waals surface area contributed by atoms with E-state index < -0.39 is 0 Å². The molecule has 0 radical (unpaired) electrons. The van der Waals surface area contributed by atoms with Crippen molar-refractivity contribution in [2.24, 2.45) is 0 Å². The topological polar surface area (TPSA) is 12.0 Å². The van der Waals surface area contributed by atoms with Crippen molar-refractivity contribution in [3.8, 4) is 0 Å². The van der Waals surface area contributed by atoms with Gasteiger partial charge in [-0.1, -0.05) is 12.1 Å². The van der Waals surface area contributed by atoms with Gasteiger partial charge in [-0.3, -0.25) is 0 Å². The Labute approximate surface area is 115 Å². The highest BCUT2D eigenvalue weighted by Crippen LogP contribution is 2.19. The van der Waals surface area contributed by atoms with E-state index in [0.29, 0.717) is 11.0 Å². The summed E-state index contributed by atoms with van der Waals surface area (Å²) in [6.45, 7) is 4.87. The van der Waals surface area contributed by atoms with Gasteiger partial charge in [-0.15, -0.1) is 0 Å². The summed E-state index contributed by atoms with van der Waals surface area (Å²) in [7, 11) is 0. The molecule has 0 spiro atoms. The molecular formula is C15H15BrFN. The van der Waals surface area contributed by atoms with Gasteiger partial charge < -0.3 is 5.32 Å². The van der Waals surface area contributed by atoms with Crippen LogP contribution in [0.3, 0.4) is 0 Å². The van der Waals surface area contributed by atoms with Gasteiger partial charge >= 0.3 is 0 Å². The van der Waals surface area contributed by atoms with Crippen LogP contribution in [-0.4, -0.2) is 0 Å². The SMILES string of the molecule is Cc1ccc(NCc2ccc(F)c(Br)c2)cc1C. The molecule has 0 aliphatic rings. The lowest BCUT2D eigenvalue weighted by Crippen LogP contribution is -2.00. The van der Waals surface area contributed by atoms with Crippen molar-refractivity contribution in [2.75, 3.05) is 5.32 Å². The van der Waals surface area contributed by atoms with Crippen molar-refractivity contribution < 1.29 is 4.39 Å². The van der Waals surface area contributed by atoms with Crippen LogP contribution in [0.2, 0.25) is 0 Å². The Morgan fingerprint density at radius 2 is 1.83 bits per heavy atom. The number of hydrogen-bond acceptors (Lipinski definition) is 1. The molecule has 0 atom stereocenters. The summed E-state index contributed by atoms with van der Waals surface area (Å²) in [4.78, 5) is 0. The lowest BCUT2D eigenvalue weighted by molar-refractivity contribution is 0.620. The molecule has 0 unspecified atom stereocenters. The van der Waals surface area contributed by atoms with Crippen LogP contribution in [0, 0.1) is 19.7 Å². The smallest absolute Gasteiger partial charge is 0.137 e. The molecule has 1 nitrogen and oxygen atoms in total. The van der Waals surface area contributed by atoms with Crippen molar-refractivity contribution in [3.63, 3.8) is 0 Å². The van der Waals surface area contributed by atoms with Gasteiger partial charge in [0.05, 0.1) is 4.47 Å². The number of rotatable bonds is 3. The molecule has 2 aromatic carbocycles. The minimum absolute atomic E-state index is 0.232. The van der Waals surface area contributed by atoms with Crippen molar-refractivity contribution in [1.29, 1.82) is 0 Å². The maximum atomic E-state index is 13.1. The lowest BCUT2D eigenvalue weighted by atomic mass is 10.1. The first-order chi connectivity index (χ1) is 8.56. The second-order valence-electron chi connectivity index (χ2n) is 4.40. The molecule has 0 aliphatic carbocycles. The molecule has 0 saturated carbocycles. The van der Waals surface area contributed by atoms with Gasteiger partial charge in [0.15, 0.2) is 0 Å². The van der Waals surface area contributed by atoms with Crippen molar-refractivity contribution >= 4 is 21.6 Å². The third kappa shape index (κ3) is 3.10. The van der Waals surface area contributed by atoms with Gasteiger partial charge in [-0.25, -0.2) is 4.39 Å². The summed E-state index contributed by atoms with van der Waals surface area (Å²) in [5, 5.41) is 3.33. The Morgan fingerprint density at radius 3 is 2.50 bits per heavy atom. The summed E-state index contributed by atoms with van der Waals surface area (Å²) in [5.41, 5.74) is 4.67. The number of nitrogens with one attached hydrogen (secondary N) is 1. The van der Waals surface area contributed by atoms with Crippen LogP contribution < -0.4 is 5.32 Å². The minimum atomic E-state index is -0.232. The molecule has 0 aromatic heterocycles. The van der Waals surface area contributed by atoms with Crippen molar-refractivity contribution in [2.45, 2.75) is 20.4 Å². The average Bonchev–Trinajstić information content (AvgIpc) is 2.35. The molecule has 0 bridgehead atoms. The molecule has 0 saturated heterocycles. The number of benzene rings is 2. The standard InChI is InChI=1S/C15H15BrFN/c1-10-3-5-13(7-11(10)2)18-9-12-4-6-15(17)14(16)8-12/h3-8,18H,9H2,1-2H3. The fourth-order valence-corrected chi connectivity index (χ4v) is 2.13. The highest BCUT2D eigenvalue weighted by atomic mass is 79.9. The summed E-state index contributed by atoms with van der Waals surface area (Å²) in [6, 6.07) is 11.3. The fraction of sp³-hybridized carbons (Fsp3) is 0.200. The maximum Gasteiger partial charge on any atom is 0.137 e. The summed E-state index contributed by atoms with van der Waals surface area (Å²) in [6.07, 6.45) is 0. The number of halogens is 2. The largest absolute Gasteiger partial charge is 0.381 e. The first-order valence-corrected chi connectivity index (χ1v) is 6.60. The number of aryl methyl sites for hydroxylation is 2. The zero-order chi connectivity index (χ0) is 13.1. The number of hydrogen-bond donors (Lipinski definition) is 1. The van der Waals surface area contributed by atoms with E-state index >= 15 is 0 Å². The van der Waals surface area contributed by atoms with E-state index in [1.165, 1.54) is 17.2 Å². The highest BCUT2D eigenvalue weighted by Gasteiger charge is 2.01. The third-order valence-corrected chi connectivity index (χ3v) is 3.60. The van der Waals surface area contributed by atoms with Gasteiger partial charge in [0.25, 0.3) is 0 Å². The molecule has 0 heterocycles. The van der Waals surface area contributed by atoms with Gasteiger partial charge in [0.2, 0.25) is 0 Å². The minimum Gasteiger partial charge on any atom is -0.381 e. The van der Waals surface area contributed by atoms with Gasteiger partial charge in [-0.2, -0.15) is 0 Å². The Balaban J connectivity index is 2.06. The zero-order valence-corrected chi connectivity index (χ0v) is 12.0. The predicted molar refractivity (Wildman–Crippen MR) is 77.3 cm³/mol. The van der Waals surface area contributed by atoms with Crippen LogP contribution in [0.15, 0.2) is 40.9 Å². The van der Waals surface area contributed by atoms with E-state index in [1.54, 1.807) is 12.1 Å². The molecular weight excluding hydrogens is 293 g/mol. The van der Waals surface area contributed by atoms with Crippen LogP contribution in [0.4, 0.5) is 10.1 Å². The molecule has 3 heteroatoms. The van der Waals surface area contributed by atoms with Crippen LogP contribution in [0.5, 0.6) is 0 Å². The molecule has 94 valence electrons. The first kappa shape index (κ1) is 13.1. The van der Waals surface area contributed by atoms with Gasteiger partial charge in [-0.05, 0) is 70.7 Å². The van der Waals surface area contributed by atoms with E-state index in [1.807, 2.05) is 0 Å². The fourth-order valence-electron chi connectivity index (χ4n) is 1.71. The maximum absolute atomic E-state index is 13.1. The number of anilines is 1. The second kappa shape index (κ2) is 5.53. The van der Waals surface area contributed by atoms with Crippen molar-refractivity contribution in [1.82, 2.24) is 0 Å². The zero-order valence-electron chi connectivity index (χ0n) is 10.4. The monoisotopic (exact) mass is 307 g/mol. The molecule has 0 aliphatic heterocycles. The van der Waals surface area contributed by atoms with Gasteiger partial charge in [0.1, 0.15) is 5.82 Å². The van der Waals surface area contributed by atoms with E-state index in [9.17, 15) is 4.39 Å². The van der Waals surface area contributed by atoms with Crippen LogP contribution in [0.1, 0.15) is 16.7 Å². The second-order valence-corrected chi connectivity index (χ2v) is 5.26. The highest BCUT2D eigenvalue weighted by molar-refractivity contribution is 9.10. The quantitative estimate of drug-likeness (QED) is 0.857. The van der Waals surface area contributed by atoms with Crippen LogP contribution >= 0.6 is 15.9 Å². The van der Waals surface area contributed by atoms with E-state index in [2.05, 4.69) is 53.3 Å². The van der Waals surface area contributed by atoms with Crippen LogP contribution in [-0.2, 0) is 6.54 Å². The predicted octanol–water partition coefficient (Wildman–Crippen LogP) is 4.82. The Hall–Kier alpha value is -1.35. The molecule has 18 heavy (non-hydrogen) atoms. The Morgan fingerprint density at radius 1 is 1.06 bits per heavy atom. The Bertz CT molecular complexity index is 515. The molecule has 1 N–H and O–H groups in total. The summed E-state index contributed by atoms with van der Waals surface area (Å²) >= 11 is 3.19. The normalized spacial score (nSPS) is 10.4. The van der Waals surface area contributed by atoms with Gasteiger partial charge in [0, 0.05) is 12.2 Å². The average molecular weight is 308 g/mol. The molecule has 0 fully saturated rings. The summed E-state index contributed by atoms with van der Waals surface area (Å²) in [5.74, 6) is -0.232. The summed E-state index contributed by atoms with van der Waals surface area (Å²) < 4.78 is 13.6. The van der Waals surface area contributed by atoms with Crippen LogP contribution in [0.25, 0.3) is 0 Å². The van der Waals surface area contributed by atoms with E-state index in [0.717, 1.165) is 11.3 Å². The van der Waals surface area contributed by atoms with Crippen molar-refractivity contribution in [3.05, 3.63) is 63.4 Å². The van der Waals surface area contributed by atoms with E-state index in [-0.39, 0.29) is 5.82 Å². The molecule has 0 amide bonds. The lowest BCUT2D eigenvalue weighted by Gasteiger charge is -2.09. The molecule has 2 rings (SSSR count). The van der Waals surface area contributed by atoms with E-state index in [4.69, 9.17) is 0 Å². The first-order valence-electron chi connectivity index (χ1n) is 5.81. The molecule has 2 aromatic rings. The third-order valence-electron chi connectivity index (χ3n) is 2.99.